The van der Waals surface area contributed by atoms with Gasteiger partial charge in [0.25, 0.3) is 5.91 Å². The molecule has 0 spiro atoms. The van der Waals surface area contributed by atoms with Crippen LogP contribution >= 0.6 is 0 Å². The quantitative estimate of drug-likeness (QED) is 0.539. The summed E-state index contributed by atoms with van der Waals surface area (Å²) < 4.78 is 31.5. The summed E-state index contributed by atoms with van der Waals surface area (Å²) in [5, 5.41) is 7.84. The summed E-state index contributed by atoms with van der Waals surface area (Å²) in [6.45, 7) is 3.55. The first-order chi connectivity index (χ1) is 14.3. The van der Waals surface area contributed by atoms with E-state index in [0.29, 0.717) is 43.1 Å². The highest BCUT2D eigenvalue weighted by atomic mass is 19.2. The van der Waals surface area contributed by atoms with Crippen molar-refractivity contribution in [1.82, 2.24) is 5.32 Å². The molecule has 0 saturated carbocycles. The summed E-state index contributed by atoms with van der Waals surface area (Å²) in [6.07, 6.45) is 0.686. The number of urea groups is 1. The van der Waals surface area contributed by atoms with Crippen molar-refractivity contribution in [2.24, 2.45) is 0 Å². The Bertz CT molecular complexity index is 891. The summed E-state index contributed by atoms with van der Waals surface area (Å²) in [7, 11) is 3.62. The van der Waals surface area contributed by atoms with E-state index in [4.69, 9.17) is 4.74 Å². The van der Waals surface area contributed by atoms with Crippen molar-refractivity contribution in [2.75, 3.05) is 49.4 Å². The highest BCUT2D eigenvalue weighted by molar-refractivity contribution is 6.03. The van der Waals surface area contributed by atoms with Gasteiger partial charge in [0.05, 0.1) is 5.56 Å². The number of nitrogens with zero attached hydrogens (tertiary/aromatic N) is 1. The topological polar surface area (TPSA) is 82.7 Å². The van der Waals surface area contributed by atoms with Gasteiger partial charge in [0.1, 0.15) is 0 Å². The minimum Gasteiger partial charge on any atom is -0.382 e. The second kappa shape index (κ2) is 11.1. The van der Waals surface area contributed by atoms with Crippen molar-refractivity contribution in [2.45, 2.75) is 13.3 Å². The lowest BCUT2D eigenvalue weighted by atomic mass is 10.1. The van der Waals surface area contributed by atoms with Crippen molar-refractivity contribution < 1.29 is 23.1 Å². The van der Waals surface area contributed by atoms with Gasteiger partial charge in [0.15, 0.2) is 11.6 Å². The maximum absolute atomic E-state index is 13.3. The number of ether oxygens (including phenoxy) is 1. The Balaban J connectivity index is 2.07. The molecule has 162 valence electrons. The van der Waals surface area contributed by atoms with Gasteiger partial charge in [-0.2, -0.15) is 0 Å². The van der Waals surface area contributed by atoms with Crippen molar-refractivity contribution in [3.63, 3.8) is 0 Å². The lowest BCUT2D eigenvalue weighted by Gasteiger charge is -2.18. The van der Waals surface area contributed by atoms with Crippen molar-refractivity contribution in [3.8, 4) is 0 Å². The number of anilines is 3. The van der Waals surface area contributed by atoms with Crippen LogP contribution < -0.4 is 20.9 Å². The fourth-order valence-electron chi connectivity index (χ4n) is 2.67. The zero-order valence-corrected chi connectivity index (χ0v) is 17.2. The second-order valence-corrected chi connectivity index (χ2v) is 6.64. The fraction of sp³-hybridized carbons (Fsp3) is 0.333. The first-order valence-corrected chi connectivity index (χ1v) is 9.52. The molecule has 7 nitrogen and oxygen atoms in total. The van der Waals surface area contributed by atoms with Crippen molar-refractivity contribution in [3.05, 3.63) is 53.6 Å². The molecule has 0 atom stereocenters. The molecular formula is C21H26F2N4O3. The molecule has 0 saturated heterocycles. The molecule has 0 heterocycles. The fourth-order valence-corrected chi connectivity index (χ4v) is 2.67. The third-order valence-corrected chi connectivity index (χ3v) is 4.11. The van der Waals surface area contributed by atoms with E-state index in [-0.39, 0.29) is 11.6 Å². The van der Waals surface area contributed by atoms with Crippen LogP contribution in [0.2, 0.25) is 0 Å². The molecule has 0 unspecified atom stereocenters. The van der Waals surface area contributed by atoms with E-state index in [9.17, 15) is 18.4 Å². The van der Waals surface area contributed by atoms with Gasteiger partial charge in [-0.05, 0) is 43.7 Å². The van der Waals surface area contributed by atoms with Crippen molar-refractivity contribution >= 4 is 29.0 Å². The summed E-state index contributed by atoms with van der Waals surface area (Å²) in [5.74, 6) is -2.34. The van der Waals surface area contributed by atoms with Gasteiger partial charge in [-0.25, -0.2) is 13.6 Å². The van der Waals surface area contributed by atoms with Gasteiger partial charge in [-0.3, -0.25) is 4.79 Å². The number of carbonyl (C=O) groups excluding carboxylic acids is 2. The van der Waals surface area contributed by atoms with Gasteiger partial charge >= 0.3 is 6.03 Å². The number of benzene rings is 2. The second-order valence-electron chi connectivity index (χ2n) is 6.64. The molecule has 2 aromatic rings. The predicted molar refractivity (Wildman–Crippen MR) is 113 cm³/mol. The third kappa shape index (κ3) is 6.70. The van der Waals surface area contributed by atoms with Gasteiger partial charge in [0, 0.05) is 57.0 Å². The minimum absolute atomic E-state index is 0.101. The molecular weight excluding hydrogens is 394 g/mol. The molecule has 0 bridgehead atoms. The van der Waals surface area contributed by atoms with E-state index >= 15 is 0 Å². The summed E-state index contributed by atoms with van der Waals surface area (Å²) in [4.78, 5) is 26.6. The predicted octanol–water partition coefficient (Wildman–Crippen LogP) is 3.83. The standard InChI is InChI=1S/C21H26F2N4O3/c1-4-30-11-5-10-24-20(28)16-12-14(7-9-19(16)27(2)3)25-21(29)26-15-6-8-17(22)18(23)13-15/h6-9,12-13H,4-5,10-11H2,1-3H3,(H,24,28)(H2,25,26,29). The SMILES string of the molecule is CCOCCCNC(=O)c1cc(NC(=O)Nc2ccc(F)c(F)c2)ccc1N(C)C. The largest absolute Gasteiger partial charge is 0.382 e. The number of rotatable bonds is 9. The third-order valence-electron chi connectivity index (χ3n) is 4.11. The van der Waals surface area contributed by atoms with Crippen LogP contribution in [0.5, 0.6) is 0 Å². The number of hydrogen-bond acceptors (Lipinski definition) is 4. The Labute approximate surface area is 174 Å². The number of hydrogen-bond donors (Lipinski definition) is 3. The van der Waals surface area contributed by atoms with E-state index in [1.165, 1.54) is 6.07 Å². The van der Waals surface area contributed by atoms with Gasteiger partial charge < -0.3 is 25.6 Å². The van der Waals surface area contributed by atoms with Crippen LogP contribution in [0.3, 0.4) is 0 Å². The lowest BCUT2D eigenvalue weighted by Crippen LogP contribution is -2.28. The first kappa shape index (κ1) is 23.1. The lowest BCUT2D eigenvalue weighted by molar-refractivity contribution is 0.0944. The Morgan fingerprint density at radius 2 is 1.67 bits per heavy atom. The van der Waals surface area contributed by atoms with Crippen LogP contribution in [0.25, 0.3) is 0 Å². The Morgan fingerprint density at radius 3 is 2.30 bits per heavy atom. The summed E-state index contributed by atoms with van der Waals surface area (Å²) >= 11 is 0. The van der Waals surface area contributed by atoms with Gasteiger partial charge in [0.2, 0.25) is 0 Å². The van der Waals surface area contributed by atoms with Gasteiger partial charge in [-0.15, -0.1) is 0 Å². The van der Waals surface area contributed by atoms with Crippen LogP contribution in [-0.2, 0) is 4.74 Å². The van der Waals surface area contributed by atoms with E-state index < -0.39 is 17.7 Å². The first-order valence-electron chi connectivity index (χ1n) is 9.52. The Kier molecular flexibility index (Phi) is 8.54. The summed E-state index contributed by atoms with van der Waals surface area (Å²) in [5.41, 5.74) is 1.55. The average Bonchev–Trinajstić information content (AvgIpc) is 2.70. The molecule has 0 aliphatic rings. The molecule has 2 aromatic carbocycles. The van der Waals surface area contributed by atoms with Crippen LogP contribution in [0.4, 0.5) is 30.6 Å². The van der Waals surface area contributed by atoms with Crippen LogP contribution in [0, 0.1) is 11.6 Å². The summed E-state index contributed by atoms with van der Waals surface area (Å²) in [6, 6.07) is 7.30. The minimum atomic E-state index is -1.06. The number of halogens is 2. The molecule has 0 fully saturated rings. The maximum Gasteiger partial charge on any atom is 0.323 e. The highest BCUT2D eigenvalue weighted by Crippen LogP contribution is 2.23. The number of nitrogens with one attached hydrogen (secondary N) is 3. The van der Waals surface area contributed by atoms with Crippen LogP contribution in [-0.4, -0.2) is 45.8 Å². The van der Waals surface area contributed by atoms with Crippen molar-refractivity contribution in [1.29, 1.82) is 0 Å². The maximum atomic E-state index is 13.3. The molecule has 0 aliphatic heterocycles. The van der Waals surface area contributed by atoms with E-state index in [1.54, 1.807) is 23.1 Å². The Morgan fingerprint density at radius 1 is 1.00 bits per heavy atom. The van der Waals surface area contributed by atoms with E-state index in [0.717, 1.165) is 12.1 Å². The monoisotopic (exact) mass is 420 g/mol. The molecule has 0 radical (unpaired) electrons. The normalized spacial score (nSPS) is 10.4. The van der Waals surface area contributed by atoms with Gasteiger partial charge in [-0.1, -0.05) is 0 Å². The van der Waals surface area contributed by atoms with Crippen LogP contribution in [0.15, 0.2) is 36.4 Å². The molecule has 2 rings (SSSR count). The number of carbonyl (C=O) groups is 2. The molecule has 0 aromatic heterocycles. The zero-order valence-electron chi connectivity index (χ0n) is 17.2. The Hall–Kier alpha value is -3.20. The average molecular weight is 420 g/mol. The van der Waals surface area contributed by atoms with E-state index in [1.807, 2.05) is 21.0 Å². The molecule has 3 amide bonds. The van der Waals surface area contributed by atoms with Crippen LogP contribution in [0.1, 0.15) is 23.7 Å². The highest BCUT2D eigenvalue weighted by Gasteiger charge is 2.15. The number of amides is 3. The molecule has 0 aliphatic carbocycles. The molecule has 9 heteroatoms. The molecule has 3 N–H and O–H groups in total. The van der Waals surface area contributed by atoms with E-state index in [2.05, 4.69) is 16.0 Å². The molecule has 30 heavy (non-hydrogen) atoms. The smallest absolute Gasteiger partial charge is 0.323 e. The zero-order chi connectivity index (χ0) is 22.1.